The molecule has 0 bridgehead atoms. The van der Waals surface area contributed by atoms with Crippen LogP contribution in [0.25, 0.3) is 0 Å². The van der Waals surface area contributed by atoms with E-state index in [1.165, 1.54) is 0 Å². The van der Waals surface area contributed by atoms with Crippen LogP contribution in [0.4, 0.5) is 5.69 Å². The van der Waals surface area contributed by atoms with E-state index in [4.69, 9.17) is 5.11 Å². The number of aromatic hydroxyl groups is 1. The van der Waals surface area contributed by atoms with Gasteiger partial charge in [0.1, 0.15) is 11.4 Å². The summed E-state index contributed by atoms with van der Waals surface area (Å²) < 4.78 is 0. The zero-order valence-corrected chi connectivity index (χ0v) is 9.11. The normalized spacial score (nSPS) is 10.9. The average Bonchev–Trinajstić information content (AvgIpc) is 2.38. The molecule has 0 aliphatic rings. The monoisotopic (exact) mass is 228 g/mol. The Kier molecular flexibility index (Phi) is 3.47. The summed E-state index contributed by atoms with van der Waals surface area (Å²) in [4.78, 5) is 8.29. The predicted molar refractivity (Wildman–Crippen MR) is 65.5 cm³/mol. The molecule has 0 radical (unpaired) electrons. The molecule has 0 saturated heterocycles. The molecule has 1 aromatic carbocycles. The summed E-state index contributed by atoms with van der Waals surface area (Å²) in [5.41, 5.74) is 1.72. The first-order chi connectivity index (χ1) is 8.29. The van der Waals surface area contributed by atoms with E-state index in [1.54, 1.807) is 48.7 Å². The van der Waals surface area contributed by atoms with Gasteiger partial charge in [0, 0.05) is 0 Å². The van der Waals surface area contributed by atoms with Gasteiger partial charge < -0.3 is 10.2 Å². The molecule has 2 N–H and O–H groups in total. The number of aliphatic imine (C=N–C) groups is 1. The number of para-hydroxylation sites is 2. The van der Waals surface area contributed by atoms with E-state index in [2.05, 4.69) is 9.98 Å². The van der Waals surface area contributed by atoms with Crippen LogP contribution in [0.15, 0.2) is 47.5 Å². The third-order valence-corrected chi connectivity index (χ3v) is 2.21. The Balaban J connectivity index is 2.23. The Hall–Kier alpha value is -2.20. The van der Waals surface area contributed by atoms with Gasteiger partial charge in [-0.1, -0.05) is 18.2 Å². The van der Waals surface area contributed by atoms with Crippen molar-refractivity contribution >= 4 is 11.9 Å². The minimum atomic E-state index is -0.0989. The van der Waals surface area contributed by atoms with Gasteiger partial charge in [0.05, 0.1) is 24.2 Å². The second-order valence-corrected chi connectivity index (χ2v) is 3.46. The second-order valence-electron chi connectivity index (χ2n) is 3.46. The number of phenols is 1. The lowest BCUT2D eigenvalue weighted by Gasteiger charge is -1.98. The molecule has 0 amide bonds. The molecule has 1 heterocycles. The minimum absolute atomic E-state index is 0.0989. The standard InChI is InChI=1S/C13H12N2O2/c16-9-11-5-3-4-10(15-11)8-14-12-6-1-2-7-13(12)17/h1-8,16-17H,9H2. The van der Waals surface area contributed by atoms with Gasteiger partial charge in [-0.15, -0.1) is 0 Å². The first kappa shape index (κ1) is 11.3. The number of hydrogen-bond acceptors (Lipinski definition) is 4. The fraction of sp³-hybridized carbons (Fsp3) is 0.0769. The Morgan fingerprint density at radius 3 is 2.71 bits per heavy atom. The third kappa shape index (κ3) is 2.89. The van der Waals surface area contributed by atoms with Gasteiger partial charge in [-0.25, -0.2) is 4.98 Å². The van der Waals surface area contributed by atoms with Crippen LogP contribution in [0, 0.1) is 0 Å². The fourth-order valence-corrected chi connectivity index (χ4v) is 1.37. The molecule has 2 aromatic rings. The summed E-state index contributed by atoms with van der Waals surface area (Å²) in [7, 11) is 0. The van der Waals surface area contributed by atoms with Crippen molar-refractivity contribution in [3.8, 4) is 5.75 Å². The first-order valence-corrected chi connectivity index (χ1v) is 5.18. The van der Waals surface area contributed by atoms with Gasteiger partial charge in [0.15, 0.2) is 0 Å². The van der Waals surface area contributed by atoms with Gasteiger partial charge in [0.25, 0.3) is 0 Å². The molecular formula is C13H12N2O2. The van der Waals surface area contributed by atoms with Crippen molar-refractivity contribution in [3.63, 3.8) is 0 Å². The fourth-order valence-electron chi connectivity index (χ4n) is 1.37. The maximum absolute atomic E-state index is 9.52. The van der Waals surface area contributed by atoms with E-state index in [0.717, 1.165) is 0 Å². The largest absolute Gasteiger partial charge is 0.506 e. The highest BCUT2D eigenvalue weighted by molar-refractivity contribution is 5.80. The molecule has 4 nitrogen and oxygen atoms in total. The first-order valence-electron chi connectivity index (χ1n) is 5.18. The van der Waals surface area contributed by atoms with Crippen molar-refractivity contribution < 1.29 is 10.2 Å². The Bertz CT molecular complexity index is 538. The van der Waals surface area contributed by atoms with Crippen LogP contribution < -0.4 is 0 Å². The van der Waals surface area contributed by atoms with Gasteiger partial charge in [-0.05, 0) is 24.3 Å². The maximum atomic E-state index is 9.52. The molecule has 0 atom stereocenters. The lowest BCUT2D eigenvalue weighted by atomic mass is 10.3. The van der Waals surface area contributed by atoms with Crippen molar-refractivity contribution in [2.75, 3.05) is 0 Å². The van der Waals surface area contributed by atoms with Crippen LogP contribution in [0.3, 0.4) is 0 Å². The molecule has 0 saturated carbocycles. The van der Waals surface area contributed by atoms with Crippen LogP contribution in [0.2, 0.25) is 0 Å². The van der Waals surface area contributed by atoms with Crippen molar-refractivity contribution in [3.05, 3.63) is 53.9 Å². The van der Waals surface area contributed by atoms with Crippen molar-refractivity contribution in [2.24, 2.45) is 4.99 Å². The number of benzene rings is 1. The molecular weight excluding hydrogens is 216 g/mol. The van der Waals surface area contributed by atoms with E-state index in [-0.39, 0.29) is 12.4 Å². The molecule has 17 heavy (non-hydrogen) atoms. The molecule has 0 aliphatic carbocycles. The van der Waals surface area contributed by atoms with E-state index in [0.29, 0.717) is 17.1 Å². The Labute approximate surface area is 98.9 Å². The Morgan fingerprint density at radius 1 is 1.12 bits per heavy atom. The number of pyridine rings is 1. The predicted octanol–water partition coefficient (Wildman–Crippen LogP) is 2.03. The maximum Gasteiger partial charge on any atom is 0.141 e. The molecule has 86 valence electrons. The molecule has 0 fully saturated rings. The van der Waals surface area contributed by atoms with Crippen LogP contribution in [0.5, 0.6) is 5.75 Å². The molecule has 2 rings (SSSR count). The van der Waals surface area contributed by atoms with E-state index >= 15 is 0 Å². The van der Waals surface area contributed by atoms with Gasteiger partial charge in [-0.3, -0.25) is 4.99 Å². The highest BCUT2D eigenvalue weighted by Crippen LogP contribution is 2.24. The highest BCUT2D eigenvalue weighted by Gasteiger charge is 1.97. The van der Waals surface area contributed by atoms with Gasteiger partial charge in [-0.2, -0.15) is 0 Å². The van der Waals surface area contributed by atoms with E-state index in [9.17, 15) is 5.11 Å². The summed E-state index contributed by atoms with van der Waals surface area (Å²) >= 11 is 0. The van der Waals surface area contributed by atoms with Crippen molar-refractivity contribution in [2.45, 2.75) is 6.61 Å². The number of phenolic OH excluding ortho intramolecular Hbond substituents is 1. The number of nitrogens with zero attached hydrogens (tertiary/aromatic N) is 2. The number of hydrogen-bond donors (Lipinski definition) is 2. The number of aliphatic hydroxyl groups excluding tert-OH is 1. The Morgan fingerprint density at radius 2 is 1.94 bits per heavy atom. The van der Waals surface area contributed by atoms with Crippen LogP contribution in [-0.4, -0.2) is 21.4 Å². The molecule has 4 heteroatoms. The van der Waals surface area contributed by atoms with Crippen molar-refractivity contribution in [1.29, 1.82) is 0 Å². The summed E-state index contributed by atoms with van der Waals surface area (Å²) in [5, 5.41) is 18.5. The topological polar surface area (TPSA) is 65.7 Å². The number of aromatic nitrogens is 1. The molecule has 0 aliphatic heterocycles. The minimum Gasteiger partial charge on any atom is -0.506 e. The zero-order chi connectivity index (χ0) is 12.1. The quantitative estimate of drug-likeness (QED) is 0.790. The van der Waals surface area contributed by atoms with Crippen LogP contribution >= 0.6 is 0 Å². The van der Waals surface area contributed by atoms with E-state index in [1.807, 2.05) is 0 Å². The third-order valence-electron chi connectivity index (χ3n) is 2.21. The zero-order valence-electron chi connectivity index (χ0n) is 9.11. The summed E-state index contributed by atoms with van der Waals surface area (Å²) in [6.07, 6.45) is 1.55. The number of aliphatic hydroxyl groups is 1. The summed E-state index contributed by atoms with van der Waals surface area (Å²) in [6.45, 7) is -0.0989. The van der Waals surface area contributed by atoms with Gasteiger partial charge in [0.2, 0.25) is 0 Å². The lowest BCUT2D eigenvalue weighted by molar-refractivity contribution is 0.277. The summed E-state index contributed by atoms with van der Waals surface area (Å²) in [5.74, 6) is 0.127. The SMILES string of the molecule is OCc1cccc(C=Nc2ccccc2O)n1. The smallest absolute Gasteiger partial charge is 0.141 e. The number of rotatable bonds is 3. The van der Waals surface area contributed by atoms with E-state index < -0.39 is 0 Å². The average molecular weight is 228 g/mol. The van der Waals surface area contributed by atoms with Crippen LogP contribution in [0.1, 0.15) is 11.4 Å². The second kappa shape index (κ2) is 5.23. The summed E-state index contributed by atoms with van der Waals surface area (Å²) in [6, 6.07) is 12.1. The molecule has 1 aromatic heterocycles. The molecule has 0 unspecified atom stereocenters. The molecule has 0 spiro atoms. The van der Waals surface area contributed by atoms with Crippen LogP contribution in [-0.2, 0) is 6.61 Å². The highest BCUT2D eigenvalue weighted by atomic mass is 16.3. The lowest BCUT2D eigenvalue weighted by Crippen LogP contribution is -1.93. The van der Waals surface area contributed by atoms with Gasteiger partial charge >= 0.3 is 0 Å². The van der Waals surface area contributed by atoms with Crippen molar-refractivity contribution in [1.82, 2.24) is 4.98 Å².